The predicted octanol–water partition coefficient (Wildman–Crippen LogP) is 4.21. The Morgan fingerprint density at radius 1 is 1.05 bits per heavy atom. The van der Waals surface area contributed by atoms with Crippen molar-refractivity contribution in [3.05, 3.63) is 59.9 Å². The van der Waals surface area contributed by atoms with Crippen LogP contribution in [0.3, 0.4) is 0 Å². The Hall–Kier alpha value is -2.26. The van der Waals surface area contributed by atoms with Crippen molar-refractivity contribution in [3.63, 3.8) is 0 Å². The second-order valence-electron chi connectivity index (χ2n) is 4.26. The van der Waals surface area contributed by atoms with Gasteiger partial charge in [-0.15, -0.1) is 0 Å². The van der Waals surface area contributed by atoms with Crippen LogP contribution in [0.15, 0.2) is 54.9 Å². The Labute approximate surface area is 116 Å². The number of nitrogens with one attached hydrogen (secondary N) is 1. The number of hydrogen-bond acceptors (Lipinski definition) is 3. The number of nitrogens with two attached hydrogens (primary N) is 1. The minimum Gasteiger partial charge on any atom is -0.397 e. The van der Waals surface area contributed by atoms with Crippen LogP contribution in [-0.2, 0) is 0 Å². The van der Waals surface area contributed by atoms with Crippen LogP contribution in [0.2, 0.25) is 5.02 Å². The minimum atomic E-state index is 0.619. The lowest BCUT2D eigenvalue weighted by molar-refractivity contribution is 1.36. The van der Waals surface area contributed by atoms with E-state index in [0.717, 1.165) is 22.1 Å². The molecule has 0 bridgehead atoms. The van der Waals surface area contributed by atoms with Crippen LogP contribution < -0.4 is 11.1 Å². The highest BCUT2D eigenvalue weighted by Crippen LogP contribution is 2.29. The highest BCUT2D eigenvalue weighted by atomic mass is 35.5. The van der Waals surface area contributed by atoms with Crippen LogP contribution in [0.5, 0.6) is 0 Å². The van der Waals surface area contributed by atoms with Gasteiger partial charge in [0.1, 0.15) is 0 Å². The number of anilines is 3. The average molecular weight is 270 g/mol. The van der Waals surface area contributed by atoms with Crippen molar-refractivity contribution in [1.82, 2.24) is 4.98 Å². The lowest BCUT2D eigenvalue weighted by Gasteiger charge is -2.11. The average Bonchev–Trinajstić information content (AvgIpc) is 2.42. The monoisotopic (exact) mass is 269 g/mol. The molecule has 0 amide bonds. The predicted molar refractivity (Wildman–Crippen MR) is 80.9 cm³/mol. The number of benzene rings is 2. The van der Waals surface area contributed by atoms with E-state index in [1.54, 1.807) is 12.3 Å². The molecule has 1 heterocycles. The van der Waals surface area contributed by atoms with Gasteiger partial charge in [-0.25, -0.2) is 0 Å². The third-order valence-corrected chi connectivity index (χ3v) is 3.20. The lowest BCUT2D eigenvalue weighted by atomic mass is 10.1. The van der Waals surface area contributed by atoms with Crippen molar-refractivity contribution in [2.45, 2.75) is 0 Å². The molecule has 0 aliphatic rings. The Bertz CT molecular complexity index is 735. The molecular formula is C15H12ClN3. The molecule has 19 heavy (non-hydrogen) atoms. The molecule has 3 N–H and O–H groups in total. The number of nitrogen functional groups attached to an aromatic ring is 1. The van der Waals surface area contributed by atoms with Gasteiger partial charge in [0.15, 0.2) is 0 Å². The summed E-state index contributed by atoms with van der Waals surface area (Å²) in [6.07, 6.45) is 3.62. The van der Waals surface area contributed by atoms with Crippen molar-refractivity contribution in [3.8, 4) is 0 Å². The molecule has 0 spiro atoms. The summed E-state index contributed by atoms with van der Waals surface area (Å²) >= 11 is 5.90. The Kier molecular flexibility index (Phi) is 2.97. The fourth-order valence-electron chi connectivity index (χ4n) is 2.01. The van der Waals surface area contributed by atoms with Gasteiger partial charge in [-0.05, 0) is 35.7 Å². The van der Waals surface area contributed by atoms with Crippen LogP contribution in [0.25, 0.3) is 10.8 Å². The number of halogens is 1. The van der Waals surface area contributed by atoms with Crippen LogP contribution in [0.1, 0.15) is 0 Å². The zero-order valence-electron chi connectivity index (χ0n) is 10.1. The van der Waals surface area contributed by atoms with Gasteiger partial charge >= 0.3 is 0 Å². The van der Waals surface area contributed by atoms with Gasteiger partial charge in [0.25, 0.3) is 0 Å². The van der Waals surface area contributed by atoms with Gasteiger partial charge < -0.3 is 11.1 Å². The minimum absolute atomic E-state index is 0.619. The van der Waals surface area contributed by atoms with Crippen molar-refractivity contribution in [2.24, 2.45) is 0 Å². The largest absolute Gasteiger partial charge is 0.397 e. The molecule has 0 fully saturated rings. The quantitative estimate of drug-likeness (QED) is 0.685. The van der Waals surface area contributed by atoms with E-state index in [0.29, 0.717) is 10.7 Å². The molecule has 1 aromatic heterocycles. The maximum atomic E-state index is 5.95. The SMILES string of the molecule is Nc1cc(Cl)ccc1Nc1cccc2ccncc12. The number of hydrogen-bond donors (Lipinski definition) is 2. The zero-order chi connectivity index (χ0) is 13.2. The second kappa shape index (κ2) is 4.78. The first kappa shape index (κ1) is 11.8. The molecule has 0 saturated carbocycles. The molecule has 0 unspecified atom stereocenters. The van der Waals surface area contributed by atoms with Crippen LogP contribution in [0.4, 0.5) is 17.1 Å². The molecule has 3 aromatic rings. The van der Waals surface area contributed by atoms with E-state index in [9.17, 15) is 0 Å². The van der Waals surface area contributed by atoms with Gasteiger partial charge in [-0.3, -0.25) is 4.98 Å². The Morgan fingerprint density at radius 3 is 2.79 bits per heavy atom. The summed E-state index contributed by atoms with van der Waals surface area (Å²) < 4.78 is 0. The molecule has 0 saturated heterocycles. The summed E-state index contributed by atoms with van der Waals surface area (Å²) in [5.74, 6) is 0. The van der Waals surface area contributed by atoms with E-state index < -0.39 is 0 Å². The van der Waals surface area contributed by atoms with Gasteiger partial charge in [0.05, 0.1) is 11.4 Å². The van der Waals surface area contributed by atoms with E-state index in [2.05, 4.69) is 10.3 Å². The summed E-state index contributed by atoms with van der Waals surface area (Å²) in [6, 6.07) is 13.4. The lowest BCUT2D eigenvalue weighted by Crippen LogP contribution is -1.96. The van der Waals surface area contributed by atoms with Crippen LogP contribution >= 0.6 is 11.6 Å². The fourth-order valence-corrected chi connectivity index (χ4v) is 2.20. The van der Waals surface area contributed by atoms with E-state index in [-0.39, 0.29) is 0 Å². The Morgan fingerprint density at radius 2 is 1.95 bits per heavy atom. The fraction of sp³-hybridized carbons (Fsp3) is 0. The van der Waals surface area contributed by atoms with E-state index in [1.807, 2.05) is 42.6 Å². The molecular weight excluding hydrogens is 258 g/mol. The number of pyridine rings is 1. The number of fused-ring (bicyclic) bond motifs is 1. The first-order valence-electron chi connectivity index (χ1n) is 5.89. The van der Waals surface area contributed by atoms with E-state index >= 15 is 0 Å². The Balaban J connectivity index is 2.06. The third kappa shape index (κ3) is 2.33. The maximum Gasteiger partial charge on any atom is 0.0619 e. The molecule has 4 heteroatoms. The van der Waals surface area contributed by atoms with Gasteiger partial charge in [-0.2, -0.15) is 0 Å². The molecule has 94 valence electrons. The van der Waals surface area contributed by atoms with Crippen LogP contribution in [-0.4, -0.2) is 4.98 Å². The normalized spacial score (nSPS) is 10.6. The van der Waals surface area contributed by atoms with Gasteiger partial charge in [0.2, 0.25) is 0 Å². The smallest absolute Gasteiger partial charge is 0.0619 e. The first-order valence-corrected chi connectivity index (χ1v) is 6.26. The summed E-state index contributed by atoms with van der Waals surface area (Å²) in [6.45, 7) is 0. The van der Waals surface area contributed by atoms with Gasteiger partial charge in [-0.1, -0.05) is 23.7 Å². The summed E-state index contributed by atoms with van der Waals surface area (Å²) in [7, 11) is 0. The molecule has 0 aliphatic carbocycles. The topological polar surface area (TPSA) is 50.9 Å². The molecule has 3 nitrogen and oxygen atoms in total. The summed E-state index contributed by atoms with van der Waals surface area (Å²) in [5.41, 5.74) is 8.38. The van der Waals surface area contributed by atoms with E-state index in [1.165, 1.54) is 0 Å². The molecule has 0 radical (unpaired) electrons. The number of nitrogens with zero attached hydrogens (tertiary/aromatic N) is 1. The van der Waals surface area contributed by atoms with Crippen molar-refractivity contribution >= 4 is 39.4 Å². The maximum absolute atomic E-state index is 5.95. The first-order chi connectivity index (χ1) is 9.24. The number of rotatable bonds is 2. The highest BCUT2D eigenvalue weighted by molar-refractivity contribution is 6.31. The highest BCUT2D eigenvalue weighted by Gasteiger charge is 2.04. The van der Waals surface area contributed by atoms with Crippen molar-refractivity contribution < 1.29 is 0 Å². The molecule has 3 rings (SSSR count). The molecule has 2 aromatic carbocycles. The second-order valence-corrected chi connectivity index (χ2v) is 4.70. The van der Waals surface area contributed by atoms with E-state index in [4.69, 9.17) is 17.3 Å². The van der Waals surface area contributed by atoms with Crippen LogP contribution in [0, 0.1) is 0 Å². The third-order valence-electron chi connectivity index (χ3n) is 2.97. The zero-order valence-corrected chi connectivity index (χ0v) is 10.9. The van der Waals surface area contributed by atoms with Gasteiger partial charge in [0, 0.05) is 28.5 Å². The summed E-state index contributed by atoms with van der Waals surface area (Å²) in [5, 5.41) is 6.13. The van der Waals surface area contributed by atoms with Crippen molar-refractivity contribution in [2.75, 3.05) is 11.1 Å². The summed E-state index contributed by atoms with van der Waals surface area (Å²) in [4.78, 5) is 4.16. The standard InChI is InChI=1S/C15H12ClN3/c16-11-4-5-15(13(17)8-11)19-14-3-1-2-10-6-7-18-9-12(10)14/h1-9,19H,17H2. The molecule has 0 atom stereocenters. The molecule has 0 aliphatic heterocycles. The number of aromatic nitrogens is 1. The van der Waals surface area contributed by atoms with Crippen molar-refractivity contribution in [1.29, 1.82) is 0 Å².